The highest BCUT2D eigenvalue weighted by Crippen LogP contribution is 2.23. The molecule has 5 heteroatoms. The molecule has 1 saturated heterocycles. The maximum absolute atomic E-state index is 11.6. The van der Waals surface area contributed by atoms with Crippen LogP contribution in [0.25, 0.3) is 0 Å². The first-order valence-electron chi connectivity index (χ1n) is 6.00. The second kappa shape index (κ2) is 5.35. The third-order valence-corrected chi connectivity index (χ3v) is 3.24. The quantitative estimate of drug-likeness (QED) is 0.780. The number of thiocarbonyl (C=S) groups is 1. The fraction of sp³-hybridized carbons (Fsp3) is 0.385. The lowest BCUT2D eigenvalue weighted by Gasteiger charge is -2.24. The molecule has 0 atom stereocenters. The predicted molar refractivity (Wildman–Crippen MR) is 76.9 cm³/mol. The van der Waals surface area contributed by atoms with Crippen molar-refractivity contribution in [3.05, 3.63) is 29.3 Å². The Morgan fingerprint density at radius 2 is 2.28 bits per heavy atom. The molecule has 0 aliphatic carbocycles. The van der Waals surface area contributed by atoms with Gasteiger partial charge < -0.3 is 16.0 Å². The molecule has 0 unspecified atom stereocenters. The van der Waals surface area contributed by atoms with Gasteiger partial charge in [0.25, 0.3) is 0 Å². The van der Waals surface area contributed by atoms with E-state index in [4.69, 9.17) is 18.0 Å². The Balaban J connectivity index is 2.38. The van der Waals surface area contributed by atoms with Crippen LogP contribution in [0.3, 0.4) is 0 Å². The number of nitrogens with zero attached hydrogens (tertiary/aromatic N) is 1. The van der Waals surface area contributed by atoms with E-state index in [0.717, 1.165) is 36.3 Å². The zero-order chi connectivity index (χ0) is 13.1. The average Bonchev–Trinajstić information content (AvgIpc) is 2.53. The van der Waals surface area contributed by atoms with E-state index in [1.165, 1.54) is 0 Å². The monoisotopic (exact) mass is 263 g/mol. The Bertz CT molecular complexity index is 487. The molecule has 0 radical (unpaired) electrons. The minimum atomic E-state index is 0.0443. The van der Waals surface area contributed by atoms with Gasteiger partial charge in [-0.25, -0.2) is 0 Å². The molecule has 1 amide bonds. The molecule has 1 aliphatic heterocycles. The maximum Gasteiger partial charge on any atom is 0.239 e. The van der Waals surface area contributed by atoms with Gasteiger partial charge in [-0.15, -0.1) is 0 Å². The normalized spacial score (nSPS) is 16.1. The van der Waals surface area contributed by atoms with Crippen LogP contribution in [-0.2, 0) is 4.79 Å². The zero-order valence-electron chi connectivity index (χ0n) is 10.4. The Morgan fingerprint density at radius 1 is 1.50 bits per heavy atom. The summed E-state index contributed by atoms with van der Waals surface area (Å²) in [6.07, 6.45) is 0.927. The number of aryl methyl sites for hydroxylation is 1. The maximum atomic E-state index is 11.6. The fourth-order valence-corrected chi connectivity index (χ4v) is 2.30. The molecule has 0 spiro atoms. The lowest BCUT2D eigenvalue weighted by Crippen LogP contribution is -2.34. The van der Waals surface area contributed by atoms with Crippen molar-refractivity contribution in [1.82, 2.24) is 5.32 Å². The Labute approximate surface area is 112 Å². The minimum absolute atomic E-state index is 0.0443. The number of rotatable bonds is 2. The lowest BCUT2D eigenvalue weighted by molar-refractivity contribution is -0.119. The van der Waals surface area contributed by atoms with Crippen molar-refractivity contribution in [2.45, 2.75) is 13.3 Å². The molecule has 1 fully saturated rings. The number of nitrogens with two attached hydrogens (primary N) is 1. The largest absolute Gasteiger partial charge is 0.389 e. The van der Waals surface area contributed by atoms with Gasteiger partial charge in [0.15, 0.2) is 0 Å². The number of hydrogen-bond donors (Lipinski definition) is 2. The molecule has 18 heavy (non-hydrogen) atoms. The summed E-state index contributed by atoms with van der Waals surface area (Å²) >= 11 is 5.08. The molecular formula is C13H17N3OS. The average molecular weight is 263 g/mol. The van der Waals surface area contributed by atoms with E-state index in [9.17, 15) is 4.79 Å². The van der Waals surface area contributed by atoms with Crippen molar-refractivity contribution in [3.8, 4) is 0 Å². The molecule has 3 N–H and O–H groups in total. The van der Waals surface area contributed by atoms with Crippen molar-refractivity contribution in [2.75, 3.05) is 24.5 Å². The molecule has 1 aliphatic rings. The highest BCUT2D eigenvalue weighted by molar-refractivity contribution is 7.80. The number of carbonyl (C=O) groups is 1. The van der Waals surface area contributed by atoms with Gasteiger partial charge in [0.1, 0.15) is 4.99 Å². The summed E-state index contributed by atoms with van der Waals surface area (Å²) in [5.41, 5.74) is 8.68. The van der Waals surface area contributed by atoms with Crippen LogP contribution in [0.5, 0.6) is 0 Å². The van der Waals surface area contributed by atoms with Crippen LogP contribution in [0, 0.1) is 6.92 Å². The smallest absolute Gasteiger partial charge is 0.239 e. The molecular weight excluding hydrogens is 246 g/mol. The van der Waals surface area contributed by atoms with Crippen molar-refractivity contribution in [2.24, 2.45) is 5.73 Å². The van der Waals surface area contributed by atoms with E-state index in [1.54, 1.807) is 0 Å². The lowest BCUT2D eigenvalue weighted by atomic mass is 10.1. The van der Waals surface area contributed by atoms with Gasteiger partial charge in [-0.3, -0.25) is 4.79 Å². The SMILES string of the molecule is Cc1ccc(C(N)=S)c(N2CCCNC(=O)C2)c1. The van der Waals surface area contributed by atoms with Crippen LogP contribution in [0.2, 0.25) is 0 Å². The summed E-state index contributed by atoms with van der Waals surface area (Å²) in [5, 5.41) is 2.86. The van der Waals surface area contributed by atoms with Crippen LogP contribution >= 0.6 is 12.2 Å². The first kappa shape index (κ1) is 12.8. The Hall–Kier alpha value is -1.62. The highest BCUT2D eigenvalue weighted by Gasteiger charge is 2.18. The fourth-order valence-electron chi connectivity index (χ4n) is 2.12. The zero-order valence-corrected chi connectivity index (χ0v) is 11.2. The molecule has 96 valence electrons. The van der Waals surface area contributed by atoms with Gasteiger partial charge in [-0.05, 0) is 31.0 Å². The van der Waals surface area contributed by atoms with Gasteiger partial charge in [0, 0.05) is 24.3 Å². The number of hydrogen-bond acceptors (Lipinski definition) is 3. The standard InChI is InChI=1S/C13H17N3OS/c1-9-3-4-10(13(14)18)11(7-9)16-6-2-5-15-12(17)8-16/h3-4,7H,2,5-6,8H2,1H3,(H2,14,18)(H,15,17). The van der Waals surface area contributed by atoms with E-state index in [-0.39, 0.29) is 5.91 Å². The van der Waals surface area contributed by atoms with Crippen LogP contribution in [0.15, 0.2) is 18.2 Å². The number of benzene rings is 1. The van der Waals surface area contributed by atoms with Gasteiger partial charge in [0.05, 0.1) is 6.54 Å². The predicted octanol–water partition coefficient (Wildman–Crippen LogP) is 0.956. The summed E-state index contributed by atoms with van der Waals surface area (Å²) in [6, 6.07) is 5.94. The first-order valence-corrected chi connectivity index (χ1v) is 6.41. The van der Waals surface area contributed by atoms with Gasteiger partial charge in [0.2, 0.25) is 5.91 Å². The number of anilines is 1. The van der Waals surface area contributed by atoms with Gasteiger partial charge in [-0.1, -0.05) is 18.3 Å². The summed E-state index contributed by atoms with van der Waals surface area (Å²) in [6.45, 7) is 3.94. The molecule has 2 rings (SSSR count). The van der Waals surface area contributed by atoms with Crippen LogP contribution < -0.4 is 16.0 Å². The highest BCUT2D eigenvalue weighted by atomic mass is 32.1. The molecule has 0 bridgehead atoms. The van der Waals surface area contributed by atoms with E-state index < -0.39 is 0 Å². The van der Waals surface area contributed by atoms with Crippen LogP contribution in [0.4, 0.5) is 5.69 Å². The third-order valence-electron chi connectivity index (χ3n) is 3.02. The molecule has 0 aromatic heterocycles. The number of carbonyl (C=O) groups excluding carboxylic acids is 1. The Morgan fingerprint density at radius 3 is 3.00 bits per heavy atom. The molecule has 1 aromatic rings. The van der Waals surface area contributed by atoms with Crippen LogP contribution in [-0.4, -0.2) is 30.5 Å². The summed E-state index contributed by atoms with van der Waals surface area (Å²) in [5.74, 6) is 0.0443. The third kappa shape index (κ3) is 2.79. The second-order valence-electron chi connectivity index (χ2n) is 4.51. The number of amides is 1. The summed E-state index contributed by atoms with van der Waals surface area (Å²) in [4.78, 5) is 14.0. The van der Waals surface area contributed by atoms with Gasteiger partial charge >= 0.3 is 0 Å². The van der Waals surface area contributed by atoms with E-state index in [0.29, 0.717) is 11.5 Å². The van der Waals surface area contributed by atoms with Crippen molar-refractivity contribution in [1.29, 1.82) is 0 Å². The molecule has 1 heterocycles. The van der Waals surface area contributed by atoms with E-state index in [1.807, 2.05) is 30.0 Å². The Kier molecular flexibility index (Phi) is 3.81. The molecule has 1 aromatic carbocycles. The molecule has 4 nitrogen and oxygen atoms in total. The second-order valence-corrected chi connectivity index (χ2v) is 4.95. The van der Waals surface area contributed by atoms with Crippen LogP contribution in [0.1, 0.15) is 17.5 Å². The number of nitrogens with one attached hydrogen (secondary N) is 1. The van der Waals surface area contributed by atoms with Crippen molar-refractivity contribution >= 4 is 28.8 Å². The van der Waals surface area contributed by atoms with Crippen molar-refractivity contribution in [3.63, 3.8) is 0 Å². The summed E-state index contributed by atoms with van der Waals surface area (Å²) in [7, 11) is 0. The topological polar surface area (TPSA) is 58.4 Å². The summed E-state index contributed by atoms with van der Waals surface area (Å²) < 4.78 is 0. The first-order chi connectivity index (χ1) is 8.58. The van der Waals surface area contributed by atoms with E-state index in [2.05, 4.69) is 5.32 Å². The van der Waals surface area contributed by atoms with Gasteiger partial charge in [-0.2, -0.15) is 0 Å². The van der Waals surface area contributed by atoms with E-state index >= 15 is 0 Å². The minimum Gasteiger partial charge on any atom is -0.389 e. The molecule has 0 saturated carbocycles. The van der Waals surface area contributed by atoms with Crippen molar-refractivity contribution < 1.29 is 4.79 Å².